The van der Waals surface area contributed by atoms with Gasteiger partial charge in [0.15, 0.2) is 0 Å². The molecule has 0 saturated heterocycles. The summed E-state index contributed by atoms with van der Waals surface area (Å²) in [6.07, 6.45) is 8.23. The molecule has 4 heteroatoms. The van der Waals surface area contributed by atoms with E-state index in [1.54, 1.807) is 12.5 Å². The first-order valence-corrected chi connectivity index (χ1v) is 9.35. The van der Waals surface area contributed by atoms with Crippen molar-refractivity contribution in [2.24, 2.45) is 0 Å². The van der Waals surface area contributed by atoms with Gasteiger partial charge >= 0.3 is 0 Å². The van der Waals surface area contributed by atoms with Gasteiger partial charge in [-0.25, -0.2) is 4.98 Å². The lowest BCUT2D eigenvalue weighted by Crippen LogP contribution is -2.41. The number of hydrogen-bond acceptors (Lipinski definition) is 4. The average molecular weight is 325 g/mol. The highest BCUT2D eigenvalue weighted by atomic mass is 16.3. The molecule has 0 fully saturated rings. The molecule has 1 aliphatic carbocycles. The van der Waals surface area contributed by atoms with Crippen LogP contribution in [-0.2, 0) is 6.42 Å². The van der Waals surface area contributed by atoms with Gasteiger partial charge in [-0.15, -0.1) is 0 Å². The molecule has 4 rings (SSSR count). The number of hydrogen-bond donors (Lipinski definition) is 1. The minimum atomic E-state index is 0.625. The van der Waals surface area contributed by atoms with E-state index in [-0.39, 0.29) is 0 Å². The lowest BCUT2D eigenvalue weighted by molar-refractivity contribution is 0.172. The van der Waals surface area contributed by atoms with Gasteiger partial charge in [0.2, 0.25) is 5.89 Å². The first-order valence-electron chi connectivity index (χ1n) is 9.35. The Morgan fingerprint density at radius 1 is 1.25 bits per heavy atom. The zero-order valence-electron chi connectivity index (χ0n) is 14.7. The van der Waals surface area contributed by atoms with Crippen LogP contribution in [0.3, 0.4) is 0 Å². The van der Waals surface area contributed by atoms with Gasteiger partial charge in [0, 0.05) is 29.8 Å². The van der Waals surface area contributed by atoms with Crippen molar-refractivity contribution in [2.45, 2.75) is 51.5 Å². The maximum Gasteiger partial charge on any atom is 0.226 e. The summed E-state index contributed by atoms with van der Waals surface area (Å²) in [4.78, 5) is 7.11. The number of rotatable bonds is 6. The summed E-state index contributed by atoms with van der Waals surface area (Å²) in [5.41, 5.74) is 5.49. The fraction of sp³-hybridized carbons (Fsp3) is 0.550. The van der Waals surface area contributed by atoms with Crippen LogP contribution in [0.2, 0.25) is 0 Å². The summed E-state index contributed by atoms with van der Waals surface area (Å²) in [5, 5.41) is 3.61. The predicted octanol–water partition coefficient (Wildman–Crippen LogP) is 4.29. The third-order valence-corrected chi connectivity index (χ3v) is 5.50. The molecule has 2 atom stereocenters. The Bertz CT molecular complexity index is 689. The Hall–Kier alpha value is -1.81. The molecule has 4 nitrogen and oxygen atoms in total. The molecule has 2 aromatic rings. The molecule has 128 valence electrons. The quantitative estimate of drug-likeness (QED) is 0.860. The first kappa shape index (κ1) is 15.7. The standard InChI is InChI=1S/C20H27N3O/c1-3-8-23(9-4-2)15-11-14-13-22-18-6-5-16(17(12-15)19(14)18)20-21-7-10-24-20/h5-7,10,14-15,22H,3-4,8-9,11-13H2,1-2H3/t14-,15-/m0/s1. The average Bonchev–Trinajstić information content (AvgIpc) is 3.26. The van der Waals surface area contributed by atoms with Crippen molar-refractivity contribution in [2.75, 3.05) is 25.0 Å². The monoisotopic (exact) mass is 325 g/mol. The molecule has 0 bridgehead atoms. The summed E-state index contributed by atoms with van der Waals surface area (Å²) in [6.45, 7) is 8.03. The lowest BCUT2D eigenvalue weighted by atomic mass is 9.78. The second-order valence-electron chi connectivity index (χ2n) is 7.10. The topological polar surface area (TPSA) is 41.3 Å². The molecule has 1 aromatic carbocycles. The van der Waals surface area contributed by atoms with E-state index in [1.807, 2.05) is 0 Å². The fourth-order valence-electron chi connectivity index (χ4n) is 4.58. The minimum Gasteiger partial charge on any atom is -0.445 e. The van der Waals surface area contributed by atoms with Crippen molar-refractivity contribution < 1.29 is 4.42 Å². The third kappa shape index (κ3) is 2.63. The van der Waals surface area contributed by atoms with Crippen LogP contribution < -0.4 is 5.32 Å². The molecule has 24 heavy (non-hydrogen) atoms. The van der Waals surface area contributed by atoms with E-state index in [4.69, 9.17) is 4.42 Å². The van der Waals surface area contributed by atoms with E-state index in [1.165, 1.54) is 54.7 Å². The maximum atomic E-state index is 5.63. The summed E-state index contributed by atoms with van der Waals surface area (Å²) >= 11 is 0. The highest BCUT2D eigenvalue weighted by Gasteiger charge is 2.36. The van der Waals surface area contributed by atoms with E-state index in [0.29, 0.717) is 12.0 Å². The highest BCUT2D eigenvalue weighted by molar-refractivity contribution is 5.72. The minimum absolute atomic E-state index is 0.625. The number of nitrogens with zero attached hydrogens (tertiary/aromatic N) is 2. The van der Waals surface area contributed by atoms with Gasteiger partial charge in [0.05, 0.1) is 6.20 Å². The molecule has 0 unspecified atom stereocenters. The van der Waals surface area contributed by atoms with Crippen LogP contribution >= 0.6 is 0 Å². The lowest BCUT2D eigenvalue weighted by Gasteiger charge is -2.37. The van der Waals surface area contributed by atoms with Gasteiger partial charge in [0.25, 0.3) is 0 Å². The number of nitrogens with one attached hydrogen (secondary N) is 1. The van der Waals surface area contributed by atoms with Crippen LogP contribution in [0.1, 0.15) is 50.2 Å². The number of aromatic nitrogens is 1. The summed E-state index contributed by atoms with van der Waals surface area (Å²) in [5.74, 6) is 1.39. The SMILES string of the molecule is CCCN(CCC)[C@@H]1Cc2c(-c3ncco3)ccc3c2[C@H](CN3)C1. The molecule has 2 heterocycles. The largest absolute Gasteiger partial charge is 0.445 e. The van der Waals surface area contributed by atoms with Gasteiger partial charge in [-0.2, -0.15) is 0 Å². The van der Waals surface area contributed by atoms with Gasteiger partial charge < -0.3 is 14.6 Å². The molecule has 1 aliphatic heterocycles. The number of benzene rings is 1. The Balaban J connectivity index is 1.73. The van der Waals surface area contributed by atoms with E-state index in [9.17, 15) is 0 Å². The molecule has 0 amide bonds. The van der Waals surface area contributed by atoms with E-state index < -0.39 is 0 Å². The predicted molar refractivity (Wildman–Crippen MR) is 97.4 cm³/mol. The van der Waals surface area contributed by atoms with Crippen LogP contribution in [0.4, 0.5) is 5.69 Å². The van der Waals surface area contributed by atoms with Crippen molar-refractivity contribution in [3.63, 3.8) is 0 Å². The van der Waals surface area contributed by atoms with Crippen molar-refractivity contribution in [1.29, 1.82) is 0 Å². The van der Waals surface area contributed by atoms with Crippen molar-refractivity contribution in [3.8, 4) is 11.5 Å². The van der Waals surface area contributed by atoms with Crippen molar-refractivity contribution in [3.05, 3.63) is 35.7 Å². The molecular formula is C20H27N3O. The second kappa shape index (κ2) is 6.60. The Labute approximate surface area is 144 Å². The normalized spacial score (nSPS) is 21.8. The zero-order chi connectivity index (χ0) is 16.5. The van der Waals surface area contributed by atoms with E-state index in [2.05, 4.69) is 41.2 Å². The van der Waals surface area contributed by atoms with Crippen LogP contribution in [0.15, 0.2) is 29.0 Å². The van der Waals surface area contributed by atoms with E-state index >= 15 is 0 Å². The Morgan fingerprint density at radius 3 is 2.79 bits per heavy atom. The van der Waals surface area contributed by atoms with Gasteiger partial charge in [-0.3, -0.25) is 0 Å². The molecule has 1 aromatic heterocycles. The van der Waals surface area contributed by atoms with Crippen LogP contribution in [-0.4, -0.2) is 35.6 Å². The van der Waals surface area contributed by atoms with Gasteiger partial charge in [-0.1, -0.05) is 13.8 Å². The first-order chi connectivity index (χ1) is 11.8. The van der Waals surface area contributed by atoms with Crippen molar-refractivity contribution in [1.82, 2.24) is 9.88 Å². The highest BCUT2D eigenvalue weighted by Crippen LogP contribution is 2.45. The molecule has 0 saturated carbocycles. The molecule has 0 spiro atoms. The van der Waals surface area contributed by atoms with Gasteiger partial charge in [0.1, 0.15) is 6.26 Å². The Morgan fingerprint density at radius 2 is 2.08 bits per heavy atom. The number of oxazole rings is 1. The summed E-state index contributed by atoms with van der Waals surface area (Å²) < 4.78 is 5.63. The third-order valence-electron chi connectivity index (χ3n) is 5.50. The molecular weight excluding hydrogens is 298 g/mol. The van der Waals surface area contributed by atoms with E-state index in [0.717, 1.165) is 18.9 Å². The van der Waals surface area contributed by atoms with Gasteiger partial charge in [-0.05, 0) is 62.0 Å². The number of anilines is 1. The fourth-order valence-corrected chi connectivity index (χ4v) is 4.58. The Kier molecular flexibility index (Phi) is 4.31. The molecule has 1 N–H and O–H groups in total. The maximum absolute atomic E-state index is 5.63. The molecule has 2 aliphatic rings. The van der Waals surface area contributed by atoms with Crippen LogP contribution in [0.5, 0.6) is 0 Å². The smallest absolute Gasteiger partial charge is 0.226 e. The van der Waals surface area contributed by atoms with Crippen molar-refractivity contribution >= 4 is 5.69 Å². The summed E-state index contributed by atoms with van der Waals surface area (Å²) in [6, 6.07) is 5.02. The second-order valence-corrected chi connectivity index (χ2v) is 7.10. The van der Waals surface area contributed by atoms with Crippen LogP contribution in [0.25, 0.3) is 11.5 Å². The zero-order valence-corrected chi connectivity index (χ0v) is 14.7. The molecule has 0 radical (unpaired) electrons. The van der Waals surface area contributed by atoms with Crippen LogP contribution in [0, 0.1) is 0 Å². The summed E-state index contributed by atoms with van der Waals surface area (Å²) in [7, 11) is 0.